The zero-order chi connectivity index (χ0) is 16.9. The van der Waals surface area contributed by atoms with E-state index in [-0.39, 0.29) is 5.91 Å². The Morgan fingerprint density at radius 2 is 2.08 bits per heavy atom. The summed E-state index contributed by atoms with van der Waals surface area (Å²) in [6.45, 7) is 3.07. The molecule has 0 aliphatic rings. The molecule has 0 bridgehead atoms. The lowest BCUT2D eigenvalue weighted by Crippen LogP contribution is -2.29. The van der Waals surface area contributed by atoms with Crippen molar-refractivity contribution < 1.29 is 9.32 Å². The van der Waals surface area contributed by atoms with E-state index in [1.54, 1.807) is 17.4 Å². The molecule has 0 saturated heterocycles. The highest BCUT2D eigenvalue weighted by Gasteiger charge is 2.12. The highest BCUT2D eigenvalue weighted by atomic mass is 32.1. The Morgan fingerprint density at radius 1 is 1.29 bits per heavy atom. The number of amides is 1. The van der Waals surface area contributed by atoms with Crippen LogP contribution in [-0.4, -0.2) is 29.6 Å². The molecule has 3 rings (SSSR count). The van der Waals surface area contributed by atoms with Crippen LogP contribution in [0.25, 0.3) is 11.3 Å². The van der Waals surface area contributed by atoms with Crippen molar-refractivity contribution in [2.45, 2.75) is 13.5 Å². The molecule has 2 heterocycles. The van der Waals surface area contributed by atoms with E-state index in [1.807, 2.05) is 54.6 Å². The summed E-state index contributed by atoms with van der Waals surface area (Å²) in [4.78, 5) is 15.3. The minimum Gasteiger partial charge on any atom is -0.338 e. The molecular formula is C18H19N3O2S. The van der Waals surface area contributed by atoms with Gasteiger partial charge in [0.2, 0.25) is 11.8 Å². The lowest BCUT2D eigenvalue weighted by molar-refractivity contribution is -0.117. The molecule has 0 aliphatic carbocycles. The Labute approximate surface area is 144 Å². The van der Waals surface area contributed by atoms with Gasteiger partial charge in [-0.05, 0) is 25.4 Å². The largest absolute Gasteiger partial charge is 0.338 e. The van der Waals surface area contributed by atoms with E-state index in [4.69, 9.17) is 4.52 Å². The summed E-state index contributed by atoms with van der Waals surface area (Å²) < 4.78 is 5.21. The second-order valence-corrected chi connectivity index (χ2v) is 6.77. The van der Waals surface area contributed by atoms with Crippen LogP contribution in [0, 0.1) is 6.92 Å². The SMILES string of the molecule is Cc1ccc(-c2cc(NC(=O)CN(C)Cc3cccs3)on2)cc1. The van der Waals surface area contributed by atoms with Gasteiger partial charge in [0, 0.05) is 23.1 Å². The monoisotopic (exact) mass is 341 g/mol. The number of thiophene rings is 1. The van der Waals surface area contributed by atoms with Gasteiger partial charge in [0.15, 0.2) is 0 Å². The maximum Gasteiger partial charge on any atom is 0.240 e. The third-order valence-electron chi connectivity index (χ3n) is 3.54. The average molecular weight is 341 g/mol. The summed E-state index contributed by atoms with van der Waals surface area (Å²) in [7, 11) is 1.91. The maximum absolute atomic E-state index is 12.1. The Bertz CT molecular complexity index is 794. The molecule has 2 aromatic heterocycles. The number of anilines is 1. The first-order valence-corrected chi connectivity index (χ1v) is 8.52. The van der Waals surface area contributed by atoms with Crippen molar-refractivity contribution >= 4 is 23.1 Å². The molecule has 0 aliphatic heterocycles. The van der Waals surface area contributed by atoms with Gasteiger partial charge in [0.1, 0.15) is 5.69 Å². The van der Waals surface area contributed by atoms with Crippen molar-refractivity contribution in [3.05, 3.63) is 58.3 Å². The summed E-state index contributed by atoms with van der Waals surface area (Å²) in [6, 6.07) is 13.8. The molecule has 3 aromatic rings. The number of aromatic nitrogens is 1. The molecule has 24 heavy (non-hydrogen) atoms. The molecule has 5 nitrogen and oxygen atoms in total. The zero-order valence-electron chi connectivity index (χ0n) is 13.7. The van der Waals surface area contributed by atoms with E-state index in [0.29, 0.717) is 18.1 Å². The lowest BCUT2D eigenvalue weighted by atomic mass is 10.1. The molecule has 0 fully saturated rings. The second-order valence-electron chi connectivity index (χ2n) is 5.74. The summed E-state index contributed by atoms with van der Waals surface area (Å²) in [5, 5.41) is 8.79. The fourth-order valence-electron chi connectivity index (χ4n) is 2.34. The Morgan fingerprint density at radius 3 is 2.79 bits per heavy atom. The van der Waals surface area contributed by atoms with Gasteiger partial charge < -0.3 is 4.52 Å². The first-order valence-electron chi connectivity index (χ1n) is 7.65. The number of carbonyl (C=O) groups is 1. The fraction of sp³-hybridized carbons (Fsp3) is 0.222. The summed E-state index contributed by atoms with van der Waals surface area (Å²) in [5.41, 5.74) is 2.85. The Kier molecular flexibility index (Phi) is 5.08. The molecule has 0 spiro atoms. The van der Waals surface area contributed by atoms with Crippen LogP contribution in [0.1, 0.15) is 10.4 Å². The van der Waals surface area contributed by atoms with Gasteiger partial charge in [-0.2, -0.15) is 0 Å². The Hall–Kier alpha value is -2.44. The molecule has 0 atom stereocenters. The number of nitrogens with one attached hydrogen (secondary N) is 1. The van der Waals surface area contributed by atoms with Gasteiger partial charge in [0.25, 0.3) is 0 Å². The first kappa shape index (κ1) is 16.4. The number of hydrogen-bond donors (Lipinski definition) is 1. The lowest BCUT2D eigenvalue weighted by Gasteiger charge is -2.14. The van der Waals surface area contributed by atoms with Crippen LogP contribution in [0.5, 0.6) is 0 Å². The van der Waals surface area contributed by atoms with Gasteiger partial charge in [-0.25, -0.2) is 0 Å². The van der Waals surface area contributed by atoms with E-state index in [1.165, 1.54) is 10.4 Å². The van der Waals surface area contributed by atoms with Gasteiger partial charge >= 0.3 is 0 Å². The van der Waals surface area contributed by atoms with Crippen molar-refractivity contribution in [2.75, 3.05) is 18.9 Å². The normalized spacial score (nSPS) is 11.0. The van der Waals surface area contributed by atoms with E-state index in [0.717, 1.165) is 12.1 Å². The summed E-state index contributed by atoms with van der Waals surface area (Å²) in [5.74, 6) is 0.237. The number of likely N-dealkylation sites (N-methyl/N-ethyl adjacent to an activating group) is 1. The smallest absolute Gasteiger partial charge is 0.240 e. The van der Waals surface area contributed by atoms with Crippen LogP contribution < -0.4 is 5.32 Å². The molecule has 124 valence electrons. The van der Waals surface area contributed by atoms with Crippen LogP contribution in [-0.2, 0) is 11.3 Å². The number of benzene rings is 1. The third kappa shape index (κ3) is 4.31. The van der Waals surface area contributed by atoms with Crippen molar-refractivity contribution in [1.29, 1.82) is 0 Å². The second kappa shape index (κ2) is 7.42. The van der Waals surface area contributed by atoms with E-state index >= 15 is 0 Å². The van der Waals surface area contributed by atoms with Crippen molar-refractivity contribution in [3.63, 3.8) is 0 Å². The molecule has 6 heteroatoms. The predicted octanol–water partition coefficient (Wildman–Crippen LogP) is 3.78. The fourth-order valence-corrected chi connectivity index (χ4v) is 3.13. The van der Waals surface area contributed by atoms with E-state index in [2.05, 4.69) is 16.5 Å². The quantitative estimate of drug-likeness (QED) is 0.741. The summed E-state index contributed by atoms with van der Waals surface area (Å²) in [6.07, 6.45) is 0. The minimum absolute atomic E-state index is 0.124. The van der Waals surface area contributed by atoms with Gasteiger partial charge in [-0.3, -0.25) is 15.0 Å². The van der Waals surface area contributed by atoms with Crippen molar-refractivity contribution in [2.24, 2.45) is 0 Å². The standard InChI is InChI=1S/C18H19N3O2S/c1-13-5-7-14(8-6-13)16-10-18(23-20-16)19-17(22)12-21(2)11-15-4-3-9-24-15/h3-10H,11-12H2,1-2H3,(H,19,22). The van der Waals surface area contributed by atoms with Gasteiger partial charge in [-0.1, -0.05) is 41.1 Å². The number of rotatable bonds is 6. The van der Waals surface area contributed by atoms with Crippen molar-refractivity contribution in [1.82, 2.24) is 10.1 Å². The molecule has 0 saturated carbocycles. The molecule has 1 amide bonds. The number of aryl methyl sites for hydroxylation is 1. The maximum atomic E-state index is 12.1. The van der Waals surface area contributed by atoms with E-state index < -0.39 is 0 Å². The molecular weight excluding hydrogens is 322 g/mol. The van der Waals surface area contributed by atoms with Crippen LogP contribution in [0.3, 0.4) is 0 Å². The number of hydrogen-bond acceptors (Lipinski definition) is 5. The zero-order valence-corrected chi connectivity index (χ0v) is 14.5. The van der Waals surface area contributed by atoms with Crippen LogP contribution in [0.15, 0.2) is 52.4 Å². The molecule has 1 N–H and O–H groups in total. The number of nitrogens with zero attached hydrogens (tertiary/aromatic N) is 2. The van der Waals surface area contributed by atoms with Crippen LogP contribution >= 0.6 is 11.3 Å². The Balaban J connectivity index is 1.56. The van der Waals surface area contributed by atoms with Crippen LogP contribution in [0.4, 0.5) is 5.88 Å². The molecule has 0 unspecified atom stereocenters. The minimum atomic E-state index is -0.124. The average Bonchev–Trinajstić information content (AvgIpc) is 3.19. The van der Waals surface area contributed by atoms with Gasteiger partial charge in [-0.15, -0.1) is 11.3 Å². The third-order valence-corrected chi connectivity index (χ3v) is 4.40. The van der Waals surface area contributed by atoms with Crippen molar-refractivity contribution in [3.8, 4) is 11.3 Å². The predicted molar refractivity (Wildman–Crippen MR) is 96.0 cm³/mol. The highest BCUT2D eigenvalue weighted by Crippen LogP contribution is 2.22. The summed E-state index contributed by atoms with van der Waals surface area (Å²) >= 11 is 1.68. The van der Waals surface area contributed by atoms with Gasteiger partial charge in [0.05, 0.1) is 6.54 Å². The van der Waals surface area contributed by atoms with Crippen LogP contribution in [0.2, 0.25) is 0 Å². The molecule has 0 radical (unpaired) electrons. The first-order chi connectivity index (χ1) is 11.6. The highest BCUT2D eigenvalue weighted by molar-refractivity contribution is 7.09. The topological polar surface area (TPSA) is 58.4 Å². The number of carbonyl (C=O) groups excluding carboxylic acids is 1. The van der Waals surface area contributed by atoms with E-state index in [9.17, 15) is 4.79 Å². The molecule has 1 aromatic carbocycles.